The summed E-state index contributed by atoms with van der Waals surface area (Å²) in [6.07, 6.45) is -2.27. The first-order valence-corrected chi connectivity index (χ1v) is 9.49. The number of nitrogens with zero attached hydrogens (tertiary/aromatic N) is 4. The lowest BCUT2D eigenvalue weighted by Crippen LogP contribution is -2.20. The van der Waals surface area contributed by atoms with Gasteiger partial charge >= 0.3 is 6.18 Å². The van der Waals surface area contributed by atoms with Gasteiger partial charge in [0.15, 0.2) is 5.69 Å². The molecular weight excluding hydrogens is 395 g/mol. The van der Waals surface area contributed by atoms with Gasteiger partial charge in [0.25, 0.3) is 0 Å². The monoisotopic (exact) mass is 419 g/mol. The van der Waals surface area contributed by atoms with Gasteiger partial charge in [-0.05, 0) is 37.0 Å². The Bertz CT molecular complexity index is 1080. The molecule has 30 heavy (non-hydrogen) atoms. The first kappa shape index (κ1) is 21.7. The van der Waals surface area contributed by atoms with Gasteiger partial charge in [0, 0.05) is 12.1 Å². The van der Waals surface area contributed by atoms with E-state index in [4.69, 9.17) is 0 Å². The van der Waals surface area contributed by atoms with Gasteiger partial charge < -0.3 is 9.88 Å². The molecule has 3 rings (SSSR count). The van der Waals surface area contributed by atoms with Crippen LogP contribution in [0.25, 0.3) is 11.0 Å². The van der Waals surface area contributed by atoms with Gasteiger partial charge in [-0.3, -0.25) is 9.78 Å². The maximum atomic E-state index is 12.7. The number of anilines is 1. The Hall–Kier alpha value is -2.97. The predicted octanol–water partition coefficient (Wildman–Crippen LogP) is 4.88. The molecular formula is C21H24F3N5O. The van der Waals surface area contributed by atoms with Crippen molar-refractivity contribution in [3.8, 4) is 0 Å². The van der Waals surface area contributed by atoms with E-state index >= 15 is 0 Å². The topological polar surface area (TPSA) is 72.7 Å². The fraction of sp³-hybridized carbons (Fsp3) is 0.429. The van der Waals surface area contributed by atoms with E-state index in [-0.39, 0.29) is 17.9 Å². The van der Waals surface area contributed by atoms with Crippen molar-refractivity contribution in [3.63, 3.8) is 0 Å². The number of nitrogens with one attached hydrogen (secondary N) is 1. The molecule has 3 heterocycles. The molecule has 0 aliphatic carbocycles. The summed E-state index contributed by atoms with van der Waals surface area (Å²) < 4.78 is 40.0. The van der Waals surface area contributed by atoms with Gasteiger partial charge in [-0.1, -0.05) is 20.8 Å². The van der Waals surface area contributed by atoms with E-state index in [1.165, 1.54) is 0 Å². The first-order valence-electron chi connectivity index (χ1n) is 9.49. The summed E-state index contributed by atoms with van der Waals surface area (Å²) in [5, 5.41) is 2.87. The van der Waals surface area contributed by atoms with Gasteiger partial charge in [0.05, 0.1) is 35.7 Å². The number of halogens is 3. The average Bonchev–Trinajstić information content (AvgIpc) is 2.88. The zero-order valence-corrected chi connectivity index (χ0v) is 17.6. The van der Waals surface area contributed by atoms with Gasteiger partial charge in [-0.25, -0.2) is 9.97 Å². The molecule has 0 spiro atoms. The molecule has 0 bridgehead atoms. The Morgan fingerprint density at radius 3 is 2.37 bits per heavy atom. The third kappa shape index (κ3) is 4.95. The van der Waals surface area contributed by atoms with Crippen molar-refractivity contribution in [3.05, 3.63) is 47.2 Å². The van der Waals surface area contributed by atoms with Crippen molar-refractivity contribution in [2.45, 2.75) is 53.8 Å². The Morgan fingerprint density at radius 1 is 1.10 bits per heavy atom. The molecule has 3 aromatic rings. The normalized spacial score (nSPS) is 12.4. The molecule has 0 fully saturated rings. The van der Waals surface area contributed by atoms with Crippen molar-refractivity contribution in [2.24, 2.45) is 5.41 Å². The number of carbonyl (C=O) groups excluding carboxylic acids is 1. The second-order valence-corrected chi connectivity index (χ2v) is 8.61. The summed E-state index contributed by atoms with van der Waals surface area (Å²) in [5.41, 5.74) is 2.41. The van der Waals surface area contributed by atoms with Crippen LogP contribution in [-0.4, -0.2) is 25.4 Å². The predicted molar refractivity (Wildman–Crippen MR) is 108 cm³/mol. The summed E-state index contributed by atoms with van der Waals surface area (Å²) in [6.45, 7) is 9.96. The van der Waals surface area contributed by atoms with Crippen LogP contribution >= 0.6 is 0 Å². The average molecular weight is 419 g/mol. The minimum Gasteiger partial charge on any atom is -0.337 e. The fourth-order valence-corrected chi connectivity index (χ4v) is 3.14. The fourth-order valence-electron chi connectivity index (χ4n) is 3.14. The van der Waals surface area contributed by atoms with Crippen LogP contribution in [0.2, 0.25) is 0 Å². The number of amides is 1. The van der Waals surface area contributed by atoms with Crippen molar-refractivity contribution in [1.82, 2.24) is 19.5 Å². The number of aromatic nitrogens is 4. The zero-order valence-electron chi connectivity index (χ0n) is 17.6. The van der Waals surface area contributed by atoms with Crippen LogP contribution in [0.15, 0.2) is 24.5 Å². The second kappa shape index (κ2) is 7.70. The first-order chi connectivity index (χ1) is 13.8. The highest BCUT2D eigenvalue weighted by Gasteiger charge is 2.32. The van der Waals surface area contributed by atoms with Gasteiger partial charge in [-0.2, -0.15) is 13.2 Å². The van der Waals surface area contributed by atoms with E-state index in [0.717, 1.165) is 29.2 Å². The molecule has 6 nitrogen and oxygen atoms in total. The summed E-state index contributed by atoms with van der Waals surface area (Å²) >= 11 is 0. The molecule has 0 radical (unpaired) electrons. The lowest BCUT2D eigenvalue weighted by Gasteiger charge is -2.17. The highest BCUT2D eigenvalue weighted by atomic mass is 19.4. The number of fused-ring (bicyclic) bond motifs is 1. The molecule has 3 aromatic heterocycles. The minimum absolute atomic E-state index is 0.103. The Labute approximate surface area is 172 Å². The maximum Gasteiger partial charge on any atom is 0.434 e. The summed E-state index contributed by atoms with van der Waals surface area (Å²) in [7, 11) is 0. The number of pyridine rings is 1. The summed E-state index contributed by atoms with van der Waals surface area (Å²) in [6, 6.07) is 3.77. The SMILES string of the molecule is Cc1cc2c(cc(C)n2Cc2cnc(C(F)(F)F)cn2)nc1NC(=O)CC(C)(C)C. The van der Waals surface area contributed by atoms with Crippen LogP contribution < -0.4 is 5.32 Å². The molecule has 0 aliphatic heterocycles. The second-order valence-electron chi connectivity index (χ2n) is 8.61. The molecule has 0 atom stereocenters. The third-order valence-corrected chi connectivity index (χ3v) is 4.55. The number of hydrogen-bond acceptors (Lipinski definition) is 4. The highest BCUT2D eigenvalue weighted by Crippen LogP contribution is 2.28. The zero-order chi connectivity index (χ0) is 22.3. The number of rotatable bonds is 4. The molecule has 0 saturated carbocycles. The van der Waals surface area contributed by atoms with Crippen molar-refractivity contribution in [1.29, 1.82) is 0 Å². The minimum atomic E-state index is -4.52. The molecule has 1 N–H and O–H groups in total. The van der Waals surface area contributed by atoms with Crippen LogP contribution in [0.1, 0.15) is 49.8 Å². The van der Waals surface area contributed by atoms with E-state index in [9.17, 15) is 18.0 Å². The highest BCUT2D eigenvalue weighted by molar-refractivity contribution is 5.92. The lowest BCUT2D eigenvalue weighted by molar-refractivity contribution is -0.141. The molecule has 9 heteroatoms. The largest absolute Gasteiger partial charge is 0.434 e. The Kier molecular flexibility index (Phi) is 5.58. The van der Waals surface area contributed by atoms with Crippen LogP contribution in [-0.2, 0) is 17.5 Å². The summed E-state index contributed by atoms with van der Waals surface area (Å²) in [4.78, 5) is 24.2. The summed E-state index contributed by atoms with van der Waals surface area (Å²) in [5.74, 6) is 0.400. The molecule has 160 valence electrons. The maximum absolute atomic E-state index is 12.7. The smallest absolute Gasteiger partial charge is 0.337 e. The molecule has 0 saturated heterocycles. The van der Waals surface area contributed by atoms with Crippen LogP contribution in [0.3, 0.4) is 0 Å². The van der Waals surface area contributed by atoms with E-state index < -0.39 is 11.9 Å². The van der Waals surface area contributed by atoms with Crippen molar-refractivity contribution < 1.29 is 18.0 Å². The molecule has 0 aliphatic rings. The molecule has 0 aromatic carbocycles. The van der Waals surface area contributed by atoms with E-state index in [1.54, 1.807) is 0 Å². The number of aryl methyl sites for hydroxylation is 2. The van der Waals surface area contributed by atoms with Gasteiger partial charge in [0.2, 0.25) is 5.91 Å². The third-order valence-electron chi connectivity index (χ3n) is 4.55. The number of carbonyl (C=O) groups is 1. The van der Waals surface area contributed by atoms with Crippen LogP contribution in [0.5, 0.6) is 0 Å². The standard InChI is InChI=1S/C21H24F3N5O/c1-12-6-16-15(27-19(12)28-18(30)8-20(3,4)5)7-13(2)29(16)11-14-9-26-17(10-25-14)21(22,23)24/h6-7,9-10H,8,11H2,1-5H3,(H,27,28,30). The van der Waals surface area contributed by atoms with E-state index in [0.29, 0.717) is 23.4 Å². The number of hydrogen-bond donors (Lipinski definition) is 1. The molecule has 0 unspecified atom stereocenters. The van der Waals surface area contributed by atoms with Crippen LogP contribution in [0.4, 0.5) is 19.0 Å². The van der Waals surface area contributed by atoms with Crippen molar-refractivity contribution >= 4 is 22.8 Å². The quantitative estimate of drug-likeness (QED) is 0.654. The lowest BCUT2D eigenvalue weighted by atomic mass is 9.92. The van der Waals surface area contributed by atoms with E-state index in [2.05, 4.69) is 20.3 Å². The van der Waals surface area contributed by atoms with Gasteiger partial charge in [0.1, 0.15) is 5.82 Å². The van der Waals surface area contributed by atoms with Crippen molar-refractivity contribution in [2.75, 3.05) is 5.32 Å². The molecule has 1 amide bonds. The Morgan fingerprint density at radius 2 is 1.80 bits per heavy atom. The number of alkyl halides is 3. The Balaban J connectivity index is 1.88. The van der Waals surface area contributed by atoms with E-state index in [1.807, 2.05) is 51.3 Å². The van der Waals surface area contributed by atoms with Gasteiger partial charge in [-0.15, -0.1) is 0 Å². The van der Waals surface area contributed by atoms with Crippen LogP contribution in [0, 0.1) is 19.3 Å².